The predicted octanol–water partition coefficient (Wildman–Crippen LogP) is 14.5. The fourth-order valence-corrected chi connectivity index (χ4v) is 14.5. The molecule has 28 heteroatoms. The van der Waals surface area contributed by atoms with Crippen molar-refractivity contribution >= 4 is 113 Å². The monoisotopic (exact) mass is 1590 g/mol. The van der Waals surface area contributed by atoms with E-state index < -0.39 is 52.0 Å². The number of rotatable bonds is 14. The zero-order valence-corrected chi connectivity index (χ0v) is 69.5. The topological polar surface area (TPSA) is 238 Å². The average Bonchev–Trinajstić information content (AvgIpc) is 1.68. The maximum atomic E-state index is 12.2. The number of hydrogen-bond donors (Lipinski definition) is 0. The van der Waals surface area contributed by atoms with Gasteiger partial charge in [-0.25, -0.2) is 21.8 Å². The van der Waals surface area contributed by atoms with Gasteiger partial charge in [-0.15, -0.1) is 0 Å². The van der Waals surface area contributed by atoms with Gasteiger partial charge in [-0.1, -0.05) is 26.8 Å². The van der Waals surface area contributed by atoms with E-state index in [2.05, 4.69) is 104 Å². The summed E-state index contributed by atoms with van der Waals surface area (Å²) in [6, 6.07) is 18.8. The number of hydrogen-bond acceptors (Lipinski definition) is 18. The largest absolute Gasteiger partial charge is 0.498 e. The zero-order chi connectivity index (χ0) is 76.9. The molecule has 6 aliphatic heterocycles. The number of benzene rings is 3. The maximum absolute atomic E-state index is 12.2. The van der Waals surface area contributed by atoms with Crippen LogP contribution in [0.5, 0.6) is 17.2 Å². The molecular formula is C75H108B3Br2N5O16S2. The Morgan fingerprint density at radius 2 is 0.816 bits per heavy atom. The Kier molecular flexibility index (Phi) is 27.8. The van der Waals surface area contributed by atoms with Crippen molar-refractivity contribution < 1.29 is 73.4 Å². The molecule has 6 aliphatic rings. The minimum Gasteiger partial charge on any atom is -0.494 e. The van der Waals surface area contributed by atoms with Crippen LogP contribution in [-0.2, 0) is 81.2 Å². The first-order valence-corrected chi connectivity index (χ1v) is 41.1. The number of fused-ring (bicyclic) bond motifs is 3. The summed E-state index contributed by atoms with van der Waals surface area (Å²) in [5.74, 6) is 2.63. The molecule has 11 rings (SSSR count). The third-order valence-corrected chi connectivity index (χ3v) is 23.7. The highest BCUT2D eigenvalue weighted by atomic mass is 79.9. The van der Waals surface area contributed by atoms with E-state index in [1.165, 1.54) is 18.5 Å². The number of aromatic nitrogens is 2. The number of ether oxygens (including phenoxy) is 3. The summed E-state index contributed by atoms with van der Waals surface area (Å²) in [6.07, 6.45) is 13.2. The van der Waals surface area contributed by atoms with Gasteiger partial charge in [-0.3, -0.25) is 19.4 Å². The van der Waals surface area contributed by atoms with Gasteiger partial charge in [0.05, 0.1) is 90.4 Å². The molecule has 3 fully saturated rings. The fraction of sp³-hybridized carbons (Fsp3) is 0.587. The quantitative estimate of drug-likeness (QED) is 0.0741. The lowest BCUT2D eigenvalue weighted by atomic mass is 9.49. The van der Waals surface area contributed by atoms with Gasteiger partial charge in [0.15, 0.2) is 19.7 Å². The number of pyridine rings is 2. The van der Waals surface area contributed by atoms with Crippen LogP contribution in [0, 0.1) is 0 Å². The van der Waals surface area contributed by atoms with E-state index in [9.17, 15) is 31.2 Å². The van der Waals surface area contributed by atoms with Crippen LogP contribution in [-0.4, -0.2) is 150 Å². The summed E-state index contributed by atoms with van der Waals surface area (Å²) in [6.45, 7) is 43.6. The van der Waals surface area contributed by atoms with E-state index in [1.54, 1.807) is 39.0 Å². The molecule has 0 radical (unpaired) electrons. The average molecular weight is 1590 g/mol. The highest BCUT2D eigenvalue weighted by molar-refractivity contribution is 9.10. The Bertz CT molecular complexity index is 3990. The van der Waals surface area contributed by atoms with Crippen LogP contribution < -0.4 is 34.4 Å². The second kappa shape index (κ2) is 33.8. The number of carbonyl (C=O) groups excluding carboxylic acids is 3. The lowest BCUT2D eigenvalue weighted by molar-refractivity contribution is -0.117. The van der Waals surface area contributed by atoms with E-state index in [0.29, 0.717) is 30.1 Å². The lowest BCUT2D eigenvalue weighted by Crippen LogP contribution is -2.42. The third kappa shape index (κ3) is 19.7. The van der Waals surface area contributed by atoms with Crippen LogP contribution >= 0.6 is 31.9 Å². The fourth-order valence-electron chi connectivity index (χ4n) is 12.6. The molecule has 0 spiro atoms. The minimum absolute atomic E-state index is 0.0123. The molecule has 0 unspecified atom stereocenters. The zero-order valence-electron chi connectivity index (χ0n) is 64.7. The number of sulfone groups is 2. The molecule has 8 heterocycles. The van der Waals surface area contributed by atoms with Crippen LogP contribution in [0.2, 0.25) is 0 Å². The van der Waals surface area contributed by atoms with E-state index in [4.69, 9.17) is 42.1 Å². The SMILES string of the molecule is CC1(C)OB(B2OC(C)(C)C(C)(C)O2)OC1(C)C.CCCOc1c(-c2ccc(S(C)(=O)=O)cn2)ccc2c1CC[C@H](C)N2C(C)=O.CCCOc1c(B2OC(C)(C)C(C)(C)O2)ccc2c1CC[C@H](C)N2C(C)=O.CCCOc1c(Br)ccc2c1CC[C@H](C)N2C(C)=O.CS(=O)(=O)c1ccc(Br)nc1. The highest BCUT2D eigenvalue weighted by Gasteiger charge is 2.64. The predicted molar refractivity (Wildman–Crippen MR) is 416 cm³/mol. The van der Waals surface area contributed by atoms with Gasteiger partial charge in [0, 0.05) is 91.5 Å². The number of anilines is 3. The van der Waals surface area contributed by atoms with E-state index in [0.717, 1.165) is 137 Å². The first kappa shape index (κ1) is 84.8. The van der Waals surface area contributed by atoms with Crippen LogP contribution in [0.1, 0.15) is 201 Å². The van der Waals surface area contributed by atoms with Gasteiger partial charge in [-0.2, -0.15) is 0 Å². The molecule has 0 saturated carbocycles. The van der Waals surface area contributed by atoms with Gasteiger partial charge < -0.3 is 56.8 Å². The summed E-state index contributed by atoms with van der Waals surface area (Å²) < 4.78 is 101. The van der Waals surface area contributed by atoms with Crippen molar-refractivity contribution in [3.63, 3.8) is 0 Å². The Balaban J connectivity index is 0.000000186. The first-order valence-electron chi connectivity index (χ1n) is 35.7. The van der Waals surface area contributed by atoms with Crippen molar-refractivity contribution in [3.05, 3.63) is 98.8 Å². The molecule has 3 aromatic carbocycles. The molecule has 103 heavy (non-hydrogen) atoms. The second-order valence-corrected chi connectivity index (χ2v) is 35.9. The summed E-state index contributed by atoms with van der Waals surface area (Å²) in [4.78, 5) is 50.4. The summed E-state index contributed by atoms with van der Waals surface area (Å²) in [5.41, 5.74) is 6.20. The molecular weight excluding hydrogens is 1480 g/mol. The standard InChI is InChI=1S/C21H32BNO4.C21H26N2O4S.C15H20BrNO2.C12H24B2O4.C6H6BrNO2S/c1-8-13-25-19-16-10-9-14(2)23(15(3)24)18(16)12-11-17(19)22-26-20(4,5)21(6,7)27-22;1-5-12-27-21-17(19-10-7-16(13-22-19)28(4,25)26)9-11-20-18(21)8-6-14(2)23(20)15(3)24;1-4-9-19-15-12-6-5-10(2)17(11(3)18)14(12)8-7-13(15)16;1-9(2)10(3,4)16-13(15-9)14-17-11(5,6)12(7,8)18-14;1-11(9,10)5-2-3-6(7)8-4-5/h11-12,14H,8-10,13H2,1-7H3;7,9-11,13-14H,5-6,8,12H2,1-4H3;7-8,10H,4-6,9H2,1-3H3;1-8H3;2-4H,1H3/t2*14-;10-;;/m000../s1. The van der Waals surface area contributed by atoms with Crippen molar-refractivity contribution in [2.75, 3.05) is 47.0 Å². The minimum atomic E-state index is -3.30. The maximum Gasteiger partial charge on any atom is 0.498 e. The Morgan fingerprint density at radius 1 is 0.476 bits per heavy atom. The molecule has 3 atom stereocenters. The highest BCUT2D eigenvalue weighted by Crippen LogP contribution is 2.47. The van der Waals surface area contributed by atoms with Crippen molar-refractivity contribution in [2.24, 2.45) is 0 Å². The van der Waals surface area contributed by atoms with Crippen LogP contribution in [0.25, 0.3) is 11.3 Å². The van der Waals surface area contributed by atoms with Gasteiger partial charge in [0.2, 0.25) is 17.7 Å². The number of amides is 3. The Labute approximate surface area is 631 Å². The van der Waals surface area contributed by atoms with Crippen molar-refractivity contribution in [1.82, 2.24) is 9.97 Å². The van der Waals surface area contributed by atoms with Crippen LogP contribution in [0.3, 0.4) is 0 Å². The summed E-state index contributed by atoms with van der Waals surface area (Å²) >= 11 is 6.66. The molecule has 2 aromatic heterocycles. The van der Waals surface area contributed by atoms with E-state index in [1.807, 2.05) is 113 Å². The summed E-state index contributed by atoms with van der Waals surface area (Å²) in [5, 5.41) is 0. The van der Waals surface area contributed by atoms with Gasteiger partial charge >= 0.3 is 21.1 Å². The van der Waals surface area contributed by atoms with E-state index in [-0.39, 0.29) is 68.0 Å². The molecule has 5 aromatic rings. The summed E-state index contributed by atoms with van der Waals surface area (Å²) in [7, 11) is -7.83. The third-order valence-electron chi connectivity index (χ3n) is 20.4. The van der Waals surface area contributed by atoms with Crippen molar-refractivity contribution in [2.45, 2.75) is 265 Å². The Morgan fingerprint density at radius 3 is 1.17 bits per heavy atom. The molecule has 3 amide bonds. The Hall–Kier alpha value is -5.42. The lowest BCUT2D eigenvalue weighted by Gasteiger charge is -2.36. The van der Waals surface area contributed by atoms with Crippen molar-refractivity contribution in [1.29, 1.82) is 0 Å². The molecule has 564 valence electrons. The molecule has 0 bridgehead atoms. The number of nitrogens with zero attached hydrogens (tertiary/aromatic N) is 5. The first-order chi connectivity index (χ1) is 47.8. The van der Waals surface area contributed by atoms with E-state index >= 15 is 0 Å². The normalized spacial score (nSPS) is 20.8. The molecule has 0 aliphatic carbocycles. The molecule has 0 N–H and O–H groups in total. The molecule has 3 saturated heterocycles. The van der Waals surface area contributed by atoms with Gasteiger partial charge in [-0.05, 0) is 248 Å². The number of carbonyl (C=O) groups is 3. The van der Waals surface area contributed by atoms with Crippen LogP contribution in [0.4, 0.5) is 17.1 Å². The number of halogens is 2. The van der Waals surface area contributed by atoms with Crippen LogP contribution in [0.15, 0.2) is 91.9 Å². The smallest absolute Gasteiger partial charge is 0.494 e. The molecule has 21 nitrogen and oxygen atoms in total. The van der Waals surface area contributed by atoms with Gasteiger partial charge in [0.1, 0.15) is 21.9 Å². The second-order valence-electron chi connectivity index (χ2n) is 30.2. The van der Waals surface area contributed by atoms with Crippen molar-refractivity contribution in [3.8, 4) is 28.5 Å². The van der Waals surface area contributed by atoms with Gasteiger partial charge in [0.25, 0.3) is 0 Å².